The Hall–Kier alpha value is -0.940. The summed E-state index contributed by atoms with van der Waals surface area (Å²) >= 11 is 0. The Morgan fingerprint density at radius 3 is 2.33 bits per heavy atom. The molecule has 0 aliphatic heterocycles. The molecular weight excluding hydrogens is 160 g/mol. The molecule has 4 N–H and O–H groups in total. The van der Waals surface area contributed by atoms with Crippen molar-refractivity contribution in [3.63, 3.8) is 0 Å². The van der Waals surface area contributed by atoms with Gasteiger partial charge in [-0.05, 0) is 0 Å². The summed E-state index contributed by atoms with van der Waals surface area (Å²) in [4.78, 5) is 21.4. The second-order valence-electron chi connectivity index (χ2n) is 2.25. The highest BCUT2D eigenvalue weighted by atomic mass is 16.5. The topological polar surface area (TPSA) is 95.4 Å². The van der Waals surface area contributed by atoms with Crippen LogP contribution in [0.15, 0.2) is 0 Å². The van der Waals surface area contributed by atoms with Crippen LogP contribution in [0.25, 0.3) is 0 Å². The van der Waals surface area contributed by atoms with Crippen molar-refractivity contribution in [1.29, 1.82) is 0 Å². The summed E-state index contributed by atoms with van der Waals surface area (Å²) in [5.41, 5.74) is 10.1. The molecule has 0 aliphatic rings. The van der Waals surface area contributed by atoms with Gasteiger partial charge in [0.15, 0.2) is 0 Å². The second kappa shape index (κ2) is 6.75. The Kier molecular flexibility index (Phi) is 6.22. The van der Waals surface area contributed by atoms with Gasteiger partial charge in [-0.1, -0.05) is 0 Å². The van der Waals surface area contributed by atoms with Crippen LogP contribution >= 0.6 is 0 Å². The van der Waals surface area contributed by atoms with Crippen molar-refractivity contribution in [1.82, 2.24) is 0 Å². The monoisotopic (exact) mass is 174 g/mol. The highest BCUT2D eigenvalue weighted by Crippen LogP contribution is 1.92. The van der Waals surface area contributed by atoms with Gasteiger partial charge in [-0.15, -0.1) is 0 Å². The normalized spacial score (nSPS) is 9.50. The molecule has 12 heavy (non-hydrogen) atoms. The van der Waals surface area contributed by atoms with Crippen molar-refractivity contribution in [2.45, 2.75) is 12.8 Å². The molecule has 0 aromatic heterocycles. The van der Waals surface area contributed by atoms with Crippen molar-refractivity contribution in [3.8, 4) is 0 Å². The summed E-state index contributed by atoms with van der Waals surface area (Å²) in [6.07, 6.45) is 0.246. The van der Waals surface area contributed by atoms with Crippen LogP contribution in [0.5, 0.6) is 0 Å². The lowest BCUT2D eigenvalue weighted by atomic mass is 10.2. The minimum atomic E-state index is -0.401. The van der Waals surface area contributed by atoms with Crippen molar-refractivity contribution < 1.29 is 14.3 Å². The van der Waals surface area contributed by atoms with Gasteiger partial charge in [0, 0.05) is 13.0 Å². The smallest absolute Gasteiger partial charge is 0.306 e. The van der Waals surface area contributed by atoms with Crippen LogP contribution in [0, 0.1) is 0 Å². The summed E-state index contributed by atoms with van der Waals surface area (Å²) in [5.74, 6) is -0.540. The average molecular weight is 174 g/mol. The number of carbonyl (C=O) groups is 2. The standard InChI is InChI=1S/C7H14N2O3/c8-3-4-12-7(11)2-1-6(10)5-9/h1-5,8-9H2. The Balaban J connectivity index is 3.37. The van der Waals surface area contributed by atoms with Crippen LogP contribution < -0.4 is 11.5 Å². The van der Waals surface area contributed by atoms with Gasteiger partial charge in [0.05, 0.1) is 13.0 Å². The van der Waals surface area contributed by atoms with Crippen LogP contribution in [0.4, 0.5) is 0 Å². The first-order valence-electron chi connectivity index (χ1n) is 3.78. The number of ketones is 1. The molecule has 0 aromatic rings. The van der Waals surface area contributed by atoms with Gasteiger partial charge >= 0.3 is 5.97 Å². The summed E-state index contributed by atoms with van der Waals surface area (Å²) in [7, 11) is 0. The molecule has 0 rings (SSSR count). The molecule has 0 unspecified atom stereocenters. The molecule has 0 bridgehead atoms. The lowest BCUT2D eigenvalue weighted by Gasteiger charge is -2.01. The zero-order chi connectivity index (χ0) is 9.40. The molecular formula is C7H14N2O3. The molecule has 5 nitrogen and oxygen atoms in total. The summed E-state index contributed by atoms with van der Waals surface area (Å²) in [6.45, 7) is 0.483. The molecule has 0 saturated carbocycles. The predicted molar refractivity (Wildman–Crippen MR) is 43.3 cm³/mol. The van der Waals surface area contributed by atoms with Gasteiger partial charge in [0.25, 0.3) is 0 Å². The first-order valence-corrected chi connectivity index (χ1v) is 3.78. The largest absolute Gasteiger partial charge is 0.464 e. The van der Waals surface area contributed by atoms with Crippen LogP contribution in [0.2, 0.25) is 0 Å². The first-order chi connectivity index (χ1) is 5.70. The van der Waals surface area contributed by atoms with Gasteiger partial charge in [-0.2, -0.15) is 0 Å². The van der Waals surface area contributed by atoms with E-state index in [0.717, 1.165) is 0 Å². The van der Waals surface area contributed by atoms with Crippen LogP contribution in [-0.4, -0.2) is 31.4 Å². The minimum Gasteiger partial charge on any atom is -0.464 e. The molecule has 0 saturated heterocycles. The predicted octanol–water partition coefficient (Wildman–Crippen LogP) is -1.20. The van der Waals surface area contributed by atoms with Gasteiger partial charge < -0.3 is 16.2 Å². The summed E-state index contributed by atoms with van der Waals surface area (Å²) in [5, 5.41) is 0. The third kappa shape index (κ3) is 5.82. The number of carbonyl (C=O) groups excluding carboxylic acids is 2. The van der Waals surface area contributed by atoms with E-state index in [-0.39, 0.29) is 31.8 Å². The van der Waals surface area contributed by atoms with Gasteiger partial charge in [-0.3, -0.25) is 9.59 Å². The number of hydrogen-bond donors (Lipinski definition) is 2. The third-order valence-corrected chi connectivity index (χ3v) is 1.22. The molecule has 0 fully saturated rings. The van der Waals surface area contributed by atoms with E-state index in [0.29, 0.717) is 6.54 Å². The fourth-order valence-electron chi connectivity index (χ4n) is 0.588. The van der Waals surface area contributed by atoms with Crippen molar-refractivity contribution >= 4 is 11.8 Å². The Labute approximate surface area is 71.0 Å². The van der Waals surface area contributed by atoms with Crippen molar-refractivity contribution in [3.05, 3.63) is 0 Å². The van der Waals surface area contributed by atoms with Gasteiger partial charge in [-0.25, -0.2) is 0 Å². The number of rotatable bonds is 6. The van der Waals surface area contributed by atoms with Gasteiger partial charge in [0.1, 0.15) is 12.4 Å². The van der Waals surface area contributed by atoms with Crippen LogP contribution in [0.3, 0.4) is 0 Å². The van der Waals surface area contributed by atoms with E-state index in [1.54, 1.807) is 0 Å². The zero-order valence-corrected chi connectivity index (χ0v) is 6.91. The van der Waals surface area contributed by atoms with E-state index in [1.807, 2.05) is 0 Å². The lowest BCUT2D eigenvalue weighted by Crippen LogP contribution is -2.17. The number of Topliss-reactive ketones (excluding diaryl/α,β-unsaturated/α-hetero) is 1. The first kappa shape index (κ1) is 11.1. The number of ether oxygens (including phenoxy) is 1. The third-order valence-electron chi connectivity index (χ3n) is 1.22. The molecule has 0 atom stereocenters. The van der Waals surface area contributed by atoms with Crippen molar-refractivity contribution in [2.24, 2.45) is 11.5 Å². The Morgan fingerprint density at radius 1 is 1.17 bits per heavy atom. The molecule has 5 heteroatoms. The number of nitrogens with two attached hydrogens (primary N) is 2. The van der Waals surface area contributed by atoms with E-state index >= 15 is 0 Å². The van der Waals surface area contributed by atoms with Crippen LogP contribution in [-0.2, 0) is 14.3 Å². The maximum absolute atomic E-state index is 10.8. The minimum absolute atomic E-state index is 0.0236. The highest BCUT2D eigenvalue weighted by molar-refractivity contribution is 5.84. The van der Waals surface area contributed by atoms with E-state index in [4.69, 9.17) is 11.5 Å². The molecule has 0 radical (unpaired) electrons. The fraction of sp³-hybridized carbons (Fsp3) is 0.714. The second-order valence-corrected chi connectivity index (χ2v) is 2.25. The van der Waals surface area contributed by atoms with Crippen molar-refractivity contribution in [2.75, 3.05) is 19.7 Å². The zero-order valence-electron chi connectivity index (χ0n) is 6.91. The van der Waals surface area contributed by atoms with E-state index in [9.17, 15) is 9.59 Å². The van der Waals surface area contributed by atoms with Gasteiger partial charge in [0.2, 0.25) is 0 Å². The summed E-state index contributed by atoms with van der Waals surface area (Å²) in [6, 6.07) is 0. The molecule has 0 heterocycles. The fourth-order valence-corrected chi connectivity index (χ4v) is 0.588. The van der Waals surface area contributed by atoms with E-state index < -0.39 is 5.97 Å². The molecule has 0 amide bonds. The maximum atomic E-state index is 10.8. The maximum Gasteiger partial charge on any atom is 0.306 e. The SMILES string of the molecule is NCCOC(=O)CCC(=O)CN. The molecule has 0 spiro atoms. The van der Waals surface area contributed by atoms with Crippen LogP contribution in [0.1, 0.15) is 12.8 Å². The Bertz CT molecular complexity index is 159. The Morgan fingerprint density at radius 2 is 1.83 bits per heavy atom. The quantitative estimate of drug-likeness (QED) is 0.493. The highest BCUT2D eigenvalue weighted by Gasteiger charge is 2.05. The van der Waals surface area contributed by atoms with E-state index in [2.05, 4.69) is 4.74 Å². The molecule has 70 valence electrons. The molecule has 0 aromatic carbocycles. The number of hydrogen-bond acceptors (Lipinski definition) is 5. The number of esters is 1. The van der Waals surface area contributed by atoms with E-state index in [1.165, 1.54) is 0 Å². The lowest BCUT2D eigenvalue weighted by molar-refractivity contribution is -0.144. The summed E-state index contributed by atoms with van der Waals surface area (Å²) < 4.78 is 4.63. The molecule has 0 aliphatic carbocycles. The average Bonchev–Trinajstić information content (AvgIpc) is 2.10.